The Morgan fingerprint density at radius 3 is 1.95 bits per heavy atom. The molecule has 0 aromatic carbocycles. The molecule has 10 heteroatoms. The molecule has 0 bridgehead atoms. The van der Waals surface area contributed by atoms with Gasteiger partial charge < -0.3 is 9.84 Å². The van der Waals surface area contributed by atoms with Gasteiger partial charge in [-0.3, -0.25) is 30.2 Å². The summed E-state index contributed by atoms with van der Waals surface area (Å²) >= 11 is 0. The SMILES string of the molecule is COc1ccncc1[N+](=O)[O-].O=[N+]([O-])c1cnccc1O. The maximum atomic E-state index is 10.3. The van der Waals surface area contributed by atoms with Crippen molar-refractivity contribution >= 4 is 11.4 Å². The van der Waals surface area contributed by atoms with Crippen molar-refractivity contribution < 1.29 is 19.7 Å². The van der Waals surface area contributed by atoms with Crippen LogP contribution in [-0.4, -0.2) is 32.0 Å². The fraction of sp³-hybridized carbons (Fsp3) is 0.0909. The fourth-order valence-electron chi connectivity index (χ4n) is 1.20. The number of hydrogen-bond donors (Lipinski definition) is 1. The Bertz CT molecular complexity index is 648. The van der Waals surface area contributed by atoms with Gasteiger partial charge in [-0.25, -0.2) is 0 Å². The van der Waals surface area contributed by atoms with Crippen LogP contribution in [0.3, 0.4) is 0 Å². The van der Waals surface area contributed by atoms with Gasteiger partial charge in [0.05, 0.1) is 17.0 Å². The minimum Gasteiger partial charge on any atom is -0.502 e. The van der Waals surface area contributed by atoms with Crippen LogP contribution in [0.2, 0.25) is 0 Å². The first-order valence-corrected chi connectivity index (χ1v) is 5.37. The van der Waals surface area contributed by atoms with Gasteiger partial charge in [-0.05, 0) is 0 Å². The van der Waals surface area contributed by atoms with Crippen molar-refractivity contribution in [3.8, 4) is 11.5 Å². The fourth-order valence-corrected chi connectivity index (χ4v) is 1.20. The van der Waals surface area contributed by atoms with Crippen molar-refractivity contribution in [2.75, 3.05) is 7.11 Å². The van der Waals surface area contributed by atoms with E-state index in [9.17, 15) is 20.2 Å². The molecule has 0 fully saturated rings. The molecule has 0 atom stereocenters. The van der Waals surface area contributed by atoms with Gasteiger partial charge in [0.25, 0.3) is 0 Å². The minimum absolute atomic E-state index is 0.116. The zero-order valence-electron chi connectivity index (χ0n) is 10.7. The molecular weight excluding hydrogens is 284 g/mol. The van der Waals surface area contributed by atoms with Crippen LogP contribution in [0.25, 0.3) is 0 Å². The molecule has 2 aromatic heterocycles. The minimum atomic E-state index is -0.692. The summed E-state index contributed by atoms with van der Waals surface area (Å²) in [5.74, 6) is -0.134. The van der Waals surface area contributed by atoms with E-state index in [0.29, 0.717) is 0 Å². The average Bonchev–Trinajstić information content (AvgIpc) is 2.48. The molecule has 110 valence electrons. The summed E-state index contributed by atoms with van der Waals surface area (Å²) in [6.07, 6.45) is 4.86. The van der Waals surface area contributed by atoms with Crippen LogP contribution >= 0.6 is 0 Å². The lowest BCUT2D eigenvalue weighted by molar-refractivity contribution is -0.386. The molecule has 0 aliphatic carbocycles. The first-order chi connectivity index (χ1) is 9.97. The third-order valence-corrected chi connectivity index (χ3v) is 2.15. The molecule has 0 aliphatic heterocycles. The molecule has 0 saturated carbocycles. The van der Waals surface area contributed by atoms with E-state index in [2.05, 4.69) is 9.97 Å². The van der Waals surface area contributed by atoms with E-state index in [-0.39, 0.29) is 22.9 Å². The van der Waals surface area contributed by atoms with Crippen LogP contribution in [0.1, 0.15) is 0 Å². The first-order valence-electron chi connectivity index (χ1n) is 5.37. The molecule has 1 N–H and O–H groups in total. The van der Waals surface area contributed by atoms with Crippen molar-refractivity contribution in [3.63, 3.8) is 0 Å². The summed E-state index contributed by atoms with van der Waals surface area (Å²) in [5.41, 5.74) is -0.488. The molecule has 2 rings (SSSR count). The van der Waals surface area contributed by atoms with Crippen LogP contribution in [-0.2, 0) is 0 Å². The summed E-state index contributed by atoms with van der Waals surface area (Å²) in [7, 11) is 1.38. The second-order valence-electron chi connectivity index (χ2n) is 3.43. The molecule has 0 amide bonds. The van der Waals surface area contributed by atoms with Gasteiger partial charge in [0.1, 0.15) is 12.4 Å². The first kappa shape index (κ1) is 15.8. The van der Waals surface area contributed by atoms with Crippen LogP contribution < -0.4 is 4.74 Å². The number of hydrogen-bond acceptors (Lipinski definition) is 8. The average molecular weight is 294 g/mol. The summed E-state index contributed by atoms with van der Waals surface area (Å²) in [4.78, 5) is 26.1. The molecule has 0 aliphatic rings. The summed E-state index contributed by atoms with van der Waals surface area (Å²) < 4.78 is 4.72. The molecule has 21 heavy (non-hydrogen) atoms. The Kier molecular flexibility index (Phi) is 5.50. The summed E-state index contributed by atoms with van der Waals surface area (Å²) in [6, 6.07) is 2.61. The third-order valence-electron chi connectivity index (χ3n) is 2.15. The Balaban J connectivity index is 0.000000211. The van der Waals surface area contributed by atoms with E-state index in [1.165, 1.54) is 25.6 Å². The highest BCUT2D eigenvalue weighted by atomic mass is 16.6. The molecule has 2 heterocycles. The van der Waals surface area contributed by atoms with Crippen LogP contribution in [0.4, 0.5) is 11.4 Å². The normalized spacial score (nSPS) is 9.19. The van der Waals surface area contributed by atoms with Gasteiger partial charge in [0.15, 0.2) is 11.5 Å². The summed E-state index contributed by atoms with van der Waals surface area (Å²) in [6.45, 7) is 0. The molecule has 0 radical (unpaired) electrons. The Morgan fingerprint density at radius 2 is 1.57 bits per heavy atom. The van der Waals surface area contributed by atoms with E-state index in [1.807, 2.05) is 0 Å². The van der Waals surface area contributed by atoms with Gasteiger partial charge in [-0.2, -0.15) is 0 Å². The van der Waals surface area contributed by atoms with Crippen LogP contribution in [0.5, 0.6) is 11.5 Å². The molecule has 0 saturated heterocycles. The lowest BCUT2D eigenvalue weighted by atomic mass is 10.4. The zero-order chi connectivity index (χ0) is 15.8. The molecule has 0 spiro atoms. The van der Waals surface area contributed by atoms with Gasteiger partial charge in [-0.1, -0.05) is 0 Å². The molecular formula is C11H10N4O6. The van der Waals surface area contributed by atoms with Gasteiger partial charge in [0, 0.05) is 24.5 Å². The predicted molar refractivity (Wildman–Crippen MR) is 70.0 cm³/mol. The van der Waals surface area contributed by atoms with E-state index in [1.54, 1.807) is 0 Å². The maximum absolute atomic E-state index is 10.3. The molecule has 0 unspecified atom stereocenters. The van der Waals surface area contributed by atoms with E-state index in [4.69, 9.17) is 9.84 Å². The smallest absolute Gasteiger partial charge is 0.328 e. The van der Waals surface area contributed by atoms with Crippen molar-refractivity contribution in [2.45, 2.75) is 0 Å². The number of ether oxygens (including phenoxy) is 1. The predicted octanol–water partition coefficient (Wildman–Crippen LogP) is 1.69. The highest BCUT2D eigenvalue weighted by molar-refractivity contribution is 5.42. The van der Waals surface area contributed by atoms with Crippen molar-refractivity contribution in [1.29, 1.82) is 0 Å². The number of aromatic nitrogens is 2. The number of methoxy groups -OCH3 is 1. The van der Waals surface area contributed by atoms with Crippen molar-refractivity contribution in [2.24, 2.45) is 0 Å². The standard InChI is InChI=1S/C6H6N2O3.C5H4N2O3/c1-11-6-2-3-7-4-5(6)8(9)10;8-5-1-2-6-3-4(5)7(9)10/h2-4H,1H3;1-3H,(H,6,8). The highest BCUT2D eigenvalue weighted by Crippen LogP contribution is 2.23. The van der Waals surface area contributed by atoms with Gasteiger partial charge >= 0.3 is 11.4 Å². The monoisotopic (exact) mass is 294 g/mol. The second kappa shape index (κ2) is 7.33. The second-order valence-corrected chi connectivity index (χ2v) is 3.43. The van der Waals surface area contributed by atoms with Crippen molar-refractivity contribution in [3.05, 3.63) is 57.1 Å². The lowest BCUT2D eigenvalue weighted by Crippen LogP contribution is -1.93. The quantitative estimate of drug-likeness (QED) is 0.665. The van der Waals surface area contributed by atoms with Crippen molar-refractivity contribution in [1.82, 2.24) is 9.97 Å². The highest BCUT2D eigenvalue weighted by Gasteiger charge is 2.12. The largest absolute Gasteiger partial charge is 0.502 e. The Morgan fingerprint density at radius 1 is 1.05 bits per heavy atom. The van der Waals surface area contributed by atoms with Gasteiger partial charge in [0.2, 0.25) is 0 Å². The number of aromatic hydroxyl groups is 1. The number of pyridine rings is 2. The van der Waals surface area contributed by atoms with E-state index < -0.39 is 9.85 Å². The molecule has 2 aromatic rings. The number of rotatable bonds is 3. The Labute approximate surface area is 118 Å². The number of nitrogens with zero attached hydrogens (tertiary/aromatic N) is 4. The van der Waals surface area contributed by atoms with E-state index in [0.717, 1.165) is 18.5 Å². The van der Waals surface area contributed by atoms with Crippen LogP contribution in [0.15, 0.2) is 36.9 Å². The third kappa shape index (κ3) is 4.38. The van der Waals surface area contributed by atoms with Gasteiger partial charge in [-0.15, -0.1) is 0 Å². The molecule has 10 nitrogen and oxygen atoms in total. The number of nitro groups is 2. The summed E-state index contributed by atoms with van der Waals surface area (Å²) in [5, 5.41) is 29.1. The zero-order valence-corrected chi connectivity index (χ0v) is 10.7. The van der Waals surface area contributed by atoms with Crippen LogP contribution in [0, 0.1) is 20.2 Å². The topological polar surface area (TPSA) is 142 Å². The maximum Gasteiger partial charge on any atom is 0.328 e. The Hall–Kier alpha value is -3.30. The van der Waals surface area contributed by atoms with E-state index >= 15 is 0 Å². The lowest BCUT2D eigenvalue weighted by Gasteiger charge is -1.97.